The highest BCUT2D eigenvalue weighted by atomic mass is 16.1. The van der Waals surface area contributed by atoms with Crippen molar-refractivity contribution in [3.8, 4) is 0 Å². The van der Waals surface area contributed by atoms with E-state index in [1.165, 1.54) is 5.56 Å². The van der Waals surface area contributed by atoms with E-state index in [1.54, 1.807) is 6.20 Å². The Morgan fingerprint density at radius 1 is 1.16 bits per heavy atom. The number of hydrogen-bond acceptors (Lipinski definition) is 2. The Morgan fingerprint density at radius 3 is 2.47 bits per heavy atom. The van der Waals surface area contributed by atoms with Gasteiger partial charge in [0.05, 0.1) is 0 Å². The Morgan fingerprint density at radius 2 is 1.89 bits per heavy atom. The predicted molar refractivity (Wildman–Crippen MR) is 77.4 cm³/mol. The monoisotopic (exact) mass is 253 g/mol. The van der Waals surface area contributed by atoms with Gasteiger partial charge in [-0.3, -0.25) is 9.78 Å². The molecule has 1 aromatic carbocycles. The van der Waals surface area contributed by atoms with Crippen molar-refractivity contribution < 1.29 is 4.79 Å². The molecule has 0 radical (unpaired) electrons. The topological polar surface area (TPSA) is 30.0 Å². The van der Waals surface area contributed by atoms with Crippen molar-refractivity contribution in [1.29, 1.82) is 0 Å². The molecule has 2 aromatic rings. The highest BCUT2D eigenvalue weighted by Gasteiger charge is 2.07. The van der Waals surface area contributed by atoms with Crippen LogP contribution in [0.1, 0.15) is 47.7 Å². The van der Waals surface area contributed by atoms with Crippen molar-refractivity contribution in [3.63, 3.8) is 0 Å². The van der Waals surface area contributed by atoms with Crippen LogP contribution in [-0.4, -0.2) is 10.8 Å². The summed E-state index contributed by atoms with van der Waals surface area (Å²) in [6, 6.07) is 11.9. The van der Waals surface area contributed by atoms with Crippen molar-refractivity contribution in [3.05, 3.63) is 65.5 Å². The molecular formula is C17H19NO. The van der Waals surface area contributed by atoms with Crippen LogP contribution in [0.15, 0.2) is 48.8 Å². The molecule has 0 bridgehead atoms. The number of aromatic nitrogens is 1. The first-order valence-electron chi connectivity index (χ1n) is 6.69. The minimum absolute atomic E-state index is 0.194. The summed E-state index contributed by atoms with van der Waals surface area (Å²) in [7, 11) is 0. The summed E-state index contributed by atoms with van der Waals surface area (Å²) in [4.78, 5) is 16.1. The third kappa shape index (κ3) is 3.75. The molecule has 1 heterocycles. The van der Waals surface area contributed by atoms with Crippen LogP contribution in [0.3, 0.4) is 0 Å². The Hall–Kier alpha value is -1.96. The van der Waals surface area contributed by atoms with Gasteiger partial charge in [-0.2, -0.15) is 0 Å². The number of pyridine rings is 1. The summed E-state index contributed by atoms with van der Waals surface area (Å²) < 4.78 is 0. The molecular weight excluding hydrogens is 234 g/mol. The Balaban J connectivity index is 1.96. The maximum Gasteiger partial charge on any atom is 0.163 e. The molecule has 2 nitrogen and oxygen atoms in total. The number of Topliss-reactive ketones (excluding diaryl/α,β-unsaturated/α-hetero) is 1. The van der Waals surface area contributed by atoms with Gasteiger partial charge in [-0.15, -0.1) is 0 Å². The van der Waals surface area contributed by atoms with Crippen molar-refractivity contribution in [1.82, 2.24) is 4.98 Å². The summed E-state index contributed by atoms with van der Waals surface area (Å²) in [5.74, 6) is 0.693. The molecule has 0 aliphatic rings. The van der Waals surface area contributed by atoms with Crippen molar-refractivity contribution in [2.24, 2.45) is 0 Å². The van der Waals surface area contributed by atoms with Gasteiger partial charge in [0.15, 0.2) is 5.78 Å². The number of ketones is 1. The molecule has 98 valence electrons. The predicted octanol–water partition coefficient (Wildman–Crippen LogP) is 4.02. The fraction of sp³-hybridized carbons (Fsp3) is 0.294. The van der Waals surface area contributed by atoms with Gasteiger partial charge >= 0.3 is 0 Å². The Bertz CT molecular complexity index is 529. The van der Waals surface area contributed by atoms with E-state index < -0.39 is 0 Å². The minimum Gasteiger partial charge on any atom is -0.294 e. The number of rotatable bonds is 5. The van der Waals surface area contributed by atoms with Crippen LogP contribution in [0.2, 0.25) is 0 Å². The van der Waals surface area contributed by atoms with E-state index in [-0.39, 0.29) is 5.78 Å². The largest absolute Gasteiger partial charge is 0.294 e. The van der Waals surface area contributed by atoms with Gasteiger partial charge in [0.1, 0.15) is 0 Å². The normalized spacial score (nSPS) is 10.7. The number of aryl methyl sites for hydroxylation is 1. The van der Waals surface area contributed by atoms with Crippen LogP contribution in [0, 0.1) is 0 Å². The number of benzene rings is 1. The zero-order valence-corrected chi connectivity index (χ0v) is 11.5. The first-order valence-corrected chi connectivity index (χ1v) is 6.69. The molecule has 1 aromatic heterocycles. The zero-order chi connectivity index (χ0) is 13.7. The summed E-state index contributed by atoms with van der Waals surface area (Å²) in [5, 5.41) is 0. The van der Waals surface area contributed by atoms with E-state index in [2.05, 4.69) is 18.8 Å². The van der Waals surface area contributed by atoms with E-state index >= 15 is 0 Å². The average Bonchev–Trinajstić information content (AvgIpc) is 2.46. The number of nitrogens with zero attached hydrogens (tertiary/aromatic N) is 1. The lowest BCUT2D eigenvalue weighted by Crippen LogP contribution is -2.01. The third-order valence-corrected chi connectivity index (χ3v) is 3.26. The first kappa shape index (κ1) is 13.5. The minimum atomic E-state index is 0.194. The lowest BCUT2D eigenvalue weighted by molar-refractivity contribution is 0.0983. The maximum absolute atomic E-state index is 12.1. The van der Waals surface area contributed by atoms with Gasteiger partial charge in [-0.05, 0) is 29.5 Å². The Labute approximate surface area is 114 Å². The quantitative estimate of drug-likeness (QED) is 0.753. The van der Waals surface area contributed by atoms with Gasteiger partial charge in [0.25, 0.3) is 0 Å². The lowest BCUT2D eigenvalue weighted by Gasteiger charge is -2.06. The van der Waals surface area contributed by atoms with Gasteiger partial charge in [-0.1, -0.05) is 44.2 Å². The van der Waals surface area contributed by atoms with E-state index in [1.807, 2.05) is 42.6 Å². The molecule has 0 fully saturated rings. The number of hydrogen-bond donors (Lipinski definition) is 0. The molecule has 0 saturated carbocycles. The second kappa shape index (κ2) is 6.28. The van der Waals surface area contributed by atoms with Gasteiger partial charge in [0.2, 0.25) is 0 Å². The van der Waals surface area contributed by atoms with E-state index in [0.717, 1.165) is 17.5 Å². The molecule has 19 heavy (non-hydrogen) atoms. The molecule has 0 unspecified atom stereocenters. The summed E-state index contributed by atoms with van der Waals surface area (Å²) >= 11 is 0. The van der Waals surface area contributed by atoms with E-state index in [0.29, 0.717) is 12.3 Å². The van der Waals surface area contributed by atoms with Crippen LogP contribution in [-0.2, 0) is 6.42 Å². The van der Waals surface area contributed by atoms with Gasteiger partial charge in [-0.25, -0.2) is 0 Å². The van der Waals surface area contributed by atoms with Crippen LogP contribution >= 0.6 is 0 Å². The molecule has 0 saturated heterocycles. The SMILES string of the molecule is CC(C)c1ccc(C(=O)CCc2cccnc2)cc1. The van der Waals surface area contributed by atoms with E-state index in [9.17, 15) is 4.79 Å². The molecule has 0 spiro atoms. The fourth-order valence-corrected chi connectivity index (χ4v) is 2.00. The van der Waals surface area contributed by atoms with Gasteiger partial charge in [0, 0.05) is 24.4 Å². The summed E-state index contributed by atoms with van der Waals surface area (Å²) in [5.41, 5.74) is 3.17. The fourth-order valence-electron chi connectivity index (χ4n) is 2.00. The highest BCUT2D eigenvalue weighted by Crippen LogP contribution is 2.16. The van der Waals surface area contributed by atoms with Gasteiger partial charge < -0.3 is 0 Å². The first-order chi connectivity index (χ1) is 9.16. The molecule has 0 aliphatic heterocycles. The smallest absolute Gasteiger partial charge is 0.163 e. The Kier molecular flexibility index (Phi) is 4.45. The van der Waals surface area contributed by atoms with Crippen molar-refractivity contribution in [2.45, 2.75) is 32.6 Å². The van der Waals surface area contributed by atoms with E-state index in [4.69, 9.17) is 0 Å². The highest BCUT2D eigenvalue weighted by molar-refractivity contribution is 5.96. The molecule has 2 rings (SSSR count). The molecule has 0 aliphatic carbocycles. The lowest BCUT2D eigenvalue weighted by atomic mass is 9.98. The molecule has 0 N–H and O–H groups in total. The number of carbonyl (C=O) groups is 1. The third-order valence-electron chi connectivity index (χ3n) is 3.26. The average molecular weight is 253 g/mol. The summed E-state index contributed by atoms with van der Waals surface area (Å²) in [6.07, 6.45) is 4.84. The second-order valence-electron chi connectivity index (χ2n) is 5.06. The van der Waals surface area contributed by atoms with Crippen molar-refractivity contribution in [2.75, 3.05) is 0 Å². The maximum atomic E-state index is 12.1. The molecule has 2 heteroatoms. The van der Waals surface area contributed by atoms with Crippen LogP contribution in [0.5, 0.6) is 0 Å². The standard InChI is InChI=1S/C17H19NO/c1-13(2)15-6-8-16(9-7-15)17(19)10-5-14-4-3-11-18-12-14/h3-4,6-9,11-13H,5,10H2,1-2H3. The molecule has 0 atom stereocenters. The molecule has 0 amide bonds. The van der Waals surface area contributed by atoms with Crippen LogP contribution in [0.4, 0.5) is 0 Å². The summed E-state index contributed by atoms with van der Waals surface area (Å²) in [6.45, 7) is 4.30. The number of carbonyl (C=O) groups excluding carboxylic acids is 1. The van der Waals surface area contributed by atoms with Crippen LogP contribution in [0.25, 0.3) is 0 Å². The van der Waals surface area contributed by atoms with Crippen molar-refractivity contribution >= 4 is 5.78 Å². The second-order valence-corrected chi connectivity index (χ2v) is 5.06. The zero-order valence-electron chi connectivity index (χ0n) is 11.5. The van der Waals surface area contributed by atoms with Crippen LogP contribution < -0.4 is 0 Å².